The van der Waals surface area contributed by atoms with Gasteiger partial charge < -0.3 is 20.9 Å². The molecule has 0 saturated heterocycles. The lowest BCUT2D eigenvalue weighted by atomic mass is 9.70. The van der Waals surface area contributed by atoms with E-state index in [1.54, 1.807) is 12.1 Å². The minimum Gasteiger partial charge on any atom is -0.506 e. The second kappa shape index (κ2) is 6.35. The fraction of sp³-hybridized carbons (Fsp3) is 0.562. The van der Waals surface area contributed by atoms with Gasteiger partial charge in [0.25, 0.3) is 0 Å². The molecular formula is C16H24N2O3. The predicted octanol–water partition coefficient (Wildman–Crippen LogP) is 2.49. The third-order valence-corrected chi connectivity index (χ3v) is 4.56. The molecule has 1 aliphatic rings. The number of amides is 1. The van der Waals surface area contributed by atoms with Crippen molar-refractivity contribution >= 4 is 11.6 Å². The van der Waals surface area contributed by atoms with Gasteiger partial charge >= 0.3 is 0 Å². The van der Waals surface area contributed by atoms with Crippen LogP contribution < -0.4 is 15.8 Å². The molecule has 5 heteroatoms. The zero-order valence-electron chi connectivity index (χ0n) is 12.7. The third-order valence-electron chi connectivity index (χ3n) is 4.56. The summed E-state index contributed by atoms with van der Waals surface area (Å²) in [5, 5.41) is 12.8. The zero-order chi connectivity index (χ0) is 15.5. The molecule has 0 aliphatic heterocycles. The van der Waals surface area contributed by atoms with Gasteiger partial charge in [0.15, 0.2) is 0 Å². The molecule has 1 aromatic rings. The van der Waals surface area contributed by atoms with Crippen LogP contribution in [-0.4, -0.2) is 24.7 Å². The first-order chi connectivity index (χ1) is 10.0. The SMILES string of the molecule is COc1ccc(NC(=O)C2(CN)CCC(C)CC2)c(O)c1. The van der Waals surface area contributed by atoms with Crippen LogP contribution in [0.15, 0.2) is 18.2 Å². The maximum atomic E-state index is 12.6. The Morgan fingerprint density at radius 1 is 1.48 bits per heavy atom. The van der Waals surface area contributed by atoms with Gasteiger partial charge in [0.05, 0.1) is 18.2 Å². The topological polar surface area (TPSA) is 84.6 Å². The highest BCUT2D eigenvalue weighted by Crippen LogP contribution is 2.39. The molecule has 1 aromatic carbocycles. The molecule has 0 bridgehead atoms. The van der Waals surface area contributed by atoms with Crippen LogP contribution in [0.25, 0.3) is 0 Å². The first-order valence-corrected chi connectivity index (χ1v) is 7.39. The highest BCUT2D eigenvalue weighted by molar-refractivity contribution is 5.96. The van der Waals surface area contributed by atoms with Crippen LogP contribution in [0.5, 0.6) is 11.5 Å². The van der Waals surface area contributed by atoms with E-state index in [1.807, 2.05) is 0 Å². The Morgan fingerprint density at radius 2 is 2.14 bits per heavy atom. The number of benzene rings is 1. The molecule has 0 aromatic heterocycles. The molecule has 0 spiro atoms. The summed E-state index contributed by atoms with van der Waals surface area (Å²) >= 11 is 0. The van der Waals surface area contributed by atoms with Crippen LogP contribution in [-0.2, 0) is 4.79 Å². The average molecular weight is 292 g/mol. The Morgan fingerprint density at radius 3 is 2.67 bits per heavy atom. The zero-order valence-corrected chi connectivity index (χ0v) is 12.7. The molecule has 21 heavy (non-hydrogen) atoms. The fourth-order valence-electron chi connectivity index (χ4n) is 2.84. The van der Waals surface area contributed by atoms with Gasteiger partial charge in [-0.05, 0) is 43.7 Å². The number of methoxy groups -OCH3 is 1. The number of rotatable bonds is 4. The second-order valence-electron chi connectivity index (χ2n) is 6.00. The number of phenols is 1. The van der Waals surface area contributed by atoms with Crippen molar-refractivity contribution in [3.8, 4) is 11.5 Å². The number of hydrogen-bond acceptors (Lipinski definition) is 4. The average Bonchev–Trinajstić information content (AvgIpc) is 2.50. The van der Waals surface area contributed by atoms with E-state index < -0.39 is 5.41 Å². The summed E-state index contributed by atoms with van der Waals surface area (Å²) in [5.41, 5.74) is 5.76. The summed E-state index contributed by atoms with van der Waals surface area (Å²) in [4.78, 5) is 12.6. The van der Waals surface area contributed by atoms with Gasteiger partial charge in [0.2, 0.25) is 5.91 Å². The number of nitrogens with one attached hydrogen (secondary N) is 1. The van der Waals surface area contributed by atoms with Crippen molar-refractivity contribution < 1.29 is 14.6 Å². The van der Waals surface area contributed by atoms with E-state index in [0.717, 1.165) is 25.7 Å². The van der Waals surface area contributed by atoms with Crippen molar-refractivity contribution in [2.45, 2.75) is 32.6 Å². The number of nitrogens with two attached hydrogens (primary N) is 1. The Balaban J connectivity index is 2.13. The van der Waals surface area contributed by atoms with Gasteiger partial charge in [-0.3, -0.25) is 4.79 Å². The van der Waals surface area contributed by atoms with E-state index in [-0.39, 0.29) is 11.7 Å². The Kier molecular flexibility index (Phi) is 4.73. The van der Waals surface area contributed by atoms with Crippen LogP contribution in [0, 0.1) is 11.3 Å². The number of hydrogen-bond donors (Lipinski definition) is 3. The number of anilines is 1. The molecule has 1 aliphatic carbocycles. The van der Waals surface area contributed by atoms with Gasteiger partial charge in [0.1, 0.15) is 11.5 Å². The predicted molar refractivity (Wildman–Crippen MR) is 82.4 cm³/mol. The van der Waals surface area contributed by atoms with Crippen LogP contribution in [0.1, 0.15) is 32.6 Å². The monoisotopic (exact) mass is 292 g/mol. The van der Waals surface area contributed by atoms with Crippen molar-refractivity contribution in [3.05, 3.63) is 18.2 Å². The molecule has 0 heterocycles. The first-order valence-electron chi connectivity index (χ1n) is 7.39. The summed E-state index contributed by atoms with van der Waals surface area (Å²) in [6.45, 7) is 2.54. The summed E-state index contributed by atoms with van der Waals surface area (Å²) in [6, 6.07) is 4.82. The Bertz CT molecular complexity index is 508. The number of phenolic OH excluding ortho intramolecular Hbond substituents is 1. The number of carbonyl (C=O) groups excluding carboxylic acids is 1. The van der Waals surface area contributed by atoms with Crippen molar-refractivity contribution in [1.82, 2.24) is 0 Å². The second-order valence-corrected chi connectivity index (χ2v) is 6.00. The lowest BCUT2D eigenvalue weighted by molar-refractivity contribution is -0.127. The smallest absolute Gasteiger partial charge is 0.231 e. The molecule has 5 nitrogen and oxygen atoms in total. The van der Waals surface area contributed by atoms with Gasteiger partial charge in [-0.1, -0.05) is 6.92 Å². The molecule has 1 fully saturated rings. The van der Waals surface area contributed by atoms with E-state index in [9.17, 15) is 9.90 Å². The molecule has 2 rings (SSSR count). The fourth-order valence-corrected chi connectivity index (χ4v) is 2.84. The van der Waals surface area contributed by atoms with Crippen molar-refractivity contribution in [2.75, 3.05) is 19.0 Å². The molecule has 0 unspecified atom stereocenters. The number of ether oxygens (including phenoxy) is 1. The van der Waals surface area contributed by atoms with Crippen LogP contribution in [0.2, 0.25) is 0 Å². The van der Waals surface area contributed by atoms with E-state index >= 15 is 0 Å². The normalized spacial score (nSPS) is 25.4. The molecule has 0 radical (unpaired) electrons. The highest BCUT2D eigenvalue weighted by atomic mass is 16.5. The van der Waals surface area contributed by atoms with Crippen molar-refractivity contribution in [2.24, 2.45) is 17.1 Å². The van der Waals surface area contributed by atoms with E-state index in [2.05, 4.69) is 12.2 Å². The Hall–Kier alpha value is -1.75. The lowest BCUT2D eigenvalue weighted by Crippen LogP contribution is -2.44. The van der Waals surface area contributed by atoms with Gasteiger partial charge in [-0.15, -0.1) is 0 Å². The first kappa shape index (κ1) is 15.6. The number of aromatic hydroxyl groups is 1. The molecule has 1 amide bonds. The lowest BCUT2D eigenvalue weighted by Gasteiger charge is -2.37. The third kappa shape index (κ3) is 3.29. The van der Waals surface area contributed by atoms with Crippen LogP contribution >= 0.6 is 0 Å². The van der Waals surface area contributed by atoms with Gasteiger partial charge in [0, 0.05) is 12.6 Å². The summed E-state index contributed by atoms with van der Waals surface area (Å²) in [6.07, 6.45) is 3.62. The van der Waals surface area contributed by atoms with E-state index in [1.165, 1.54) is 13.2 Å². The van der Waals surface area contributed by atoms with E-state index in [0.29, 0.717) is 23.9 Å². The molecule has 4 N–H and O–H groups in total. The molecule has 116 valence electrons. The van der Waals surface area contributed by atoms with Gasteiger partial charge in [-0.25, -0.2) is 0 Å². The Labute approximate surface area is 125 Å². The molecule has 1 saturated carbocycles. The summed E-state index contributed by atoms with van der Waals surface area (Å²) in [7, 11) is 1.53. The van der Waals surface area contributed by atoms with Crippen LogP contribution in [0.4, 0.5) is 5.69 Å². The molecular weight excluding hydrogens is 268 g/mol. The maximum absolute atomic E-state index is 12.6. The van der Waals surface area contributed by atoms with E-state index in [4.69, 9.17) is 10.5 Å². The minimum atomic E-state index is -0.515. The standard InChI is InChI=1S/C16H24N2O3/c1-11-5-7-16(10-17,8-6-11)15(20)18-13-4-3-12(21-2)9-14(13)19/h3-4,9,11,19H,5-8,10,17H2,1-2H3,(H,18,20). The van der Waals surface area contributed by atoms with Crippen molar-refractivity contribution in [3.63, 3.8) is 0 Å². The van der Waals surface area contributed by atoms with Crippen LogP contribution in [0.3, 0.4) is 0 Å². The maximum Gasteiger partial charge on any atom is 0.231 e. The summed E-state index contributed by atoms with van der Waals surface area (Å²) < 4.78 is 5.03. The largest absolute Gasteiger partial charge is 0.506 e. The highest BCUT2D eigenvalue weighted by Gasteiger charge is 2.40. The molecule has 0 atom stereocenters. The summed E-state index contributed by atoms with van der Waals surface area (Å²) in [5.74, 6) is 1.09. The van der Waals surface area contributed by atoms with Crippen molar-refractivity contribution in [1.29, 1.82) is 0 Å². The number of carbonyl (C=O) groups is 1. The van der Waals surface area contributed by atoms with Gasteiger partial charge in [-0.2, -0.15) is 0 Å². The minimum absolute atomic E-state index is 0.000881. The quantitative estimate of drug-likeness (QED) is 0.744.